The predicted octanol–water partition coefficient (Wildman–Crippen LogP) is 1.71. The summed E-state index contributed by atoms with van der Waals surface area (Å²) in [5.41, 5.74) is 1.30. The van der Waals surface area contributed by atoms with Crippen molar-refractivity contribution in [3.8, 4) is 0 Å². The van der Waals surface area contributed by atoms with Gasteiger partial charge in [0.25, 0.3) is 5.91 Å². The number of carbonyl (C=O) groups is 1. The molecule has 1 amide bonds. The Morgan fingerprint density at radius 2 is 1.72 bits per heavy atom. The summed E-state index contributed by atoms with van der Waals surface area (Å²) in [6.07, 6.45) is 6.11. The van der Waals surface area contributed by atoms with E-state index in [0.717, 1.165) is 74.3 Å². The molecular weight excluding hydrogens is 402 g/mol. The van der Waals surface area contributed by atoms with Crippen LogP contribution in [0.2, 0.25) is 0 Å². The first-order valence-electron chi connectivity index (χ1n) is 12.5. The molecule has 2 aromatic heterocycles. The van der Waals surface area contributed by atoms with Gasteiger partial charge in [-0.15, -0.1) is 0 Å². The summed E-state index contributed by atoms with van der Waals surface area (Å²) in [6, 6.07) is 4.32. The molecule has 1 saturated carbocycles. The number of piperidine rings is 2. The average Bonchev–Trinajstić information content (AvgIpc) is 3.19. The van der Waals surface area contributed by atoms with E-state index in [1.807, 2.05) is 13.1 Å². The minimum atomic E-state index is -0.0666. The fourth-order valence-corrected chi connectivity index (χ4v) is 5.89. The van der Waals surface area contributed by atoms with Gasteiger partial charge in [-0.3, -0.25) is 4.79 Å². The fraction of sp³-hybridized carbons (Fsp3) is 0.708. The SMILES string of the molecule is Cn1nc(C(=O)NC2CCN(CCN3CCCC3)CC2)c2ccc(N3CC4CC4C3)nc21. The second kappa shape index (κ2) is 8.30. The monoisotopic (exact) mass is 437 g/mol. The summed E-state index contributed by atoms with van der Waals surface area (Å²) in [5, 5.41) is 8.64. The molecule has 0 bridgehead atoms. The summed E-state index contributed by atoms with van der Waals surface area (Å²) in [6.45, 7) is 9.22. The number of hydrogen-bond donors (Lipinski definition) is 1. The number of nitrogens with zero attached hydrogens (tertiary/aromatic N) is 6. The van der Waals surface area contributed by atoms with E-state index in [4.69, 9.17) is 4.98 Å². The molecule has 1 aliphatic carbocycles. The number of hydrogen-bond acceptors (Lipinski definition) is 6. The molecule has 8 nitrogen and oxygen atoms in total. The molecule has 2 unspecified atom stereocenters. The molecular formula is C24H35N7O. The molecule has 0 aromatic carbocycles. The summed E-state index contributed by atoms with van der Waals surface area (Å²) in [5.74, 6) is 2.68. The first-order chi connectivity index (χ1) is 15.6. The van der Waals surface area contributed by atoms with Crippen LogP contribution in [0.1, 0.15) is 42.6 Å². The van der Waals surface area contributed by atoms with E-state index in [1.165, 1.54) is 38.9 Å². The van der Waals surface area contributed by atoms with Gasteiger partial charge in [-0.1, -0.05) is 0 Å². The van der Waals surface area contributed by atoms with E-state index in [0.29, 0.717) is 5.69 Å². The third-order valence-electron chi connectivity index (χ3n) is 8.04. The molecule has 2 atom stereocenters. The molecule has 1 N–H and O–H groups in total. The molecule has 4 aliphatic rings. The van der Waals surface area contributed by atoms with Crippen LogP contribution in [0.25, 0.3) is 11.0 Å². The van der Waals surface area contributed by atoms with Crippen molar-refractivity contribution in [1.29, 1.82) is 0 Å². The lowest BCUT2D eigenvalue weighted by Gasteiger charge is -2.33. The summed E-state index contributed by atoms with van der Waals surface area (Å²) in [4.78, 5) is 25.4. The Labute approximate surface area is 189 Å². The van der Waals surface area contributed by atoms with Crippen LogP contribution in [-0.4, -0.2) is 88.9 Å². The second-order valence-corrected chi connectivity index (χ2v) is 10.3. The lowest BCUT2D eigenvalue weighted by molar-refractivity contribution is 0.0904. The number of pyridine rings is 1. The van der Waals surface area contributed by atoms with E-state index in [9.17, 15) is 4.79 Å². The number of likely N-dealkylation sites (tertiary alicyclic amines) is 2. The first kappa shape index (κ1) is 20.4. The minimum Gasteiger partial charge on any atom is -0.356 e. The standard InChI is InChI=1S/C24H35N7O/c1-28-23-20(4-5-21(26-23)31-15-17-14-18(17)16-31)22(27-28)24(32)25-19-6-10-30(11-7-19)13-12-29-8-2-3-9-29/h4-5,17-19H,2-3,6-16H2,1H3,(H,25,32). The van der Waals surface area contributed by atoms with Gasteiger partial charge in [0.2, 0.25) is 0 Å². The van der Waals surface area contributed by atoms with Gasteiger partial charge in [-0.05, 0) is 69.2 Å². The Morgan fingerprint density at radius 3 is 2.44 bits per heavy atom. The van der Waals surface area contributed by atoms with Crippen molar-refractivity contribution in [2.24, 2.45) is 18.9 Å². The Kier molecular flexibility index (Phi) is 5.30. The molecule has 8 heteroatoms. The van der Waals surface area contributed by atoms with Gasteiger partial charge in [0.05, 0.1) is 5.39 Å². The van der Waals surface area contributed by atoms with Crippen LogP contribution < -0.4 is 10.2 Å². The quantitative estimate of drug-likeness (QED) is 0.742. The number of fused-ring (bicyclic) bond motifs is 2. The maximum atomic E-state index is 13.1. The van der Waals surface area contributed by atoms with E-state index in [2.05, 4.69) is 31.2 Å². The van der Waals surface area contributed by atoms with E-state index < -0.39 is 0 Å². The van der Waals surface area contributed by atoms with Crippen molar-refractivity contribution in [2.45, 2.75) is 38.1 Å². The number of aryl methyl sites for hydroxylation is 1. The average molecular weight is 438 g/mol. The van der Waals surface area contributed by atoms with E-state index >= 15 is 0 Å². The van der Waals surface area contributed by atoms with Gasteiger partial charge in [0, 0.05) is 52.4 Å². The molecule has 4 fully saturated rings. The van der Waals surface area contributed by atoms with Crippen LogP contribution in [0.4, 0.5) is 5.82 Å². The zero-order valence-corrected chi connectivity index (χ0v) is 19.2. The number of anilines is 1. The van der Waals surface area contributed by atoms with Gasteiger partial charge in [0.1, 0.15) is 5.82 Å². The fourth-order valence-electron chi connectivity index (χ4n) is 5.89. The van der Waals surface area contributed by atoms with Gasteiger partial charge in [0.15, 0.2) is 11.3 Å². The van der Waals surface area contributed by atoms with Crippen molar-refractivity contribution >= 4 is 22.8 Å². The third kappa shape index (κ3) is 3.99. The van der Waals surface area contributed by atoms with Crippen LogP contribution in [0.3, 0.4) is 0 Å². The highest BCUT2D eigenvalue weighted by atomic mass is 16.2. The van der Waals surface area contributed by atoms with Crippen LogP contribution in [0.5, 0.6) is 0 Å². The number of rotatable bonds is 6. The molecule has 5 heterocycles. The third-order valence-corrected chi connectivity index (χ3v) is 8.04. The van der Waals surface area contributed by atoms with Crippen molar-refractivity contribution in [3.63, 3.8) is 0 Å². The molecule has 3 saturated heterocycles. The van der Waals surface area contributed by atoms with Crippen LogP contribution in [0.15, 0.2) is 12.1 Å². The summed E-state index contributed by atoms with van der Waals surface area (Å²) in [7, 11) is 1.89. The first-order valence-corrected chi connectivity index (χ1v) is 12.5. The second-order valence-electron chi connectivity index (χ2n) is 10.3. The number of carbonyl (C=O) groups excluding carboxylic acids is 1. The van der Waals surface area contributed by atoms with Gasteiger partial charge >= 0.3 is 0 Å². The minimum absolute atomic E-state index is 0.0666. The van der Waals surface area contributed by atoms with Crippen molar-refractivity contribution in [2.75, 3.05) is 57.3 Å². The Morgan fingerprint density at radius 1 is 1.03 bits per heavy atom. The number of amides is 1. The van der Waals surface area contributed by atoms with Crippen molar-refractivity contribution in [1.82, 2.24) is 29.9 Å². The van der Waals surface area contributed by atoms with Crippen LogP contribution in [0, 0.1) is 11.8 Å². The molecule has 3 aliphatic heterocycles. The predicted molar refractivity (Wildman–Crippen MR) is 125 cm³/mol. The summed E-state index contributed by atoms with van der Waals surface area (Å²) >= 11 is 0. The molecule has 172 valence electrons. The van der Waals surface area contributed by atoms with Crippen molar-refractivity contribution in [3.05, 3.63) is 17.8 Å². The molecule has 6 rings (SSSR count). The van der Waals surface area contributed by atoms with Crippen LogP contribution in [-0.2, 0) is 7.05 Å². The summed E-state index contributed by atoms with van der Waals surface area (Å²) < 4.78 is 1.76. The topological polar surface area (TPSA) is 69.5 Å². The van der Waals surface area contributed by atoms with Gasteiger partial charge in [-0.2, -0.15) is 5.10 Å². The van der Waals surface area contributed by atoms with Gasteiger partial charge < -0.3 is 20.0 Å². The van der Waals surface area contributed by atoms with E-state index in [-0.39, 0.29) is 11.9 Å². The lowest BCUT2D eigenvalue weighted by Crippen LogP contribution is -2.46. The molecule has 0 spiro atoms. The highest BCUT2D eigenvalue weighted by Gasteiger charge is 2.45. The largest absolute Gasteiger partial charge is 0.356 e. The lowest BCUT2D eigenvalue weighted by atomic mass is 10.0. The van der Waals surface area contributed by atoms with Gasteiger partial charge in [-0.25, -0.2) is 9.67 Å². The van der Waals surface area contributed by atoms with E-state index in [1.54, 1.807) is 4.68 Å². The Bertz CT molecular complexity index is 980. The Hall–Kier alpha value is -2.19. The van der Waals surface area contributed by atoms with Crippen molar-refractivity contribution < 1.29 is 4.79 Å². The number of nitrogens with one attached hydrogen (secondary N) is 1. The molecule has 32 heavy (non-hydrogen) atoms. The highest BCUT2D eigenvalue weighted by Crippen LogP contribution is 2.46. The Balaban J connectivity index is 1.06. The highest BCUT2D eigenvalue weighted by molar-refractivity contribution is 6.04. The van der Waals surface area contributed by atoms with Crippen LogP contribution >= 0.6 is 0 Å². The molecule has 2 aromatic rings. The zero-order chi connectivity index (χ0) is 21.7. The smallest absolute Gasteiger partial charge is 0.272 e. The molecule has 0 radical (unpaired) electrons. The zero-order valence-electron chi connectivity index (χ0n) is 19.2. The maximum Gasteiger partial charge on any atom is 0.272 e. The normalized spacial score (nSPS) is 26.7. The maximum absolute atomic E-state index is 13.1. The number of aromatic nitrogens is 3.